The first-order valence-corrected chi connectivity index (χ1v) is 5.96. The van der Waals surface area contributed by atoms with Gasteiger partial charge in [0.1, 0.15) is 6.61 Å². The van der Waals surface area contributed by atoms with Crippen LogP contribution >= 0.6 is 0 Å². The molecule has 3 nitrogen and oxygen atoms in total. The largest absolute Gasteiger partial charge is 0.369 e. The van der Waals surface area contributed by atoms with E-state index in [0.29, 0.717) is 0 Å². The van der Waals surface area contributed by atoms with Crippen molar-refractivity contribution in [3.8, 4) is 0 Å². The predicted molar refractivity (Wildman–Crippen MR) is 68.8 cm³/mol. The third kappa shape index (κ3) is 5.00. The summed E-state index contributed by atoms with van der Waals surface area (Å²) in [4.78, 5) is 11.6. The third-order valence-corrected chi connectivity index (χ3v) is 2.47. The molecule has 0 unspecified atom stereocenters. The molecule has 0 aliphatic carbocycles. The Morgan fingerprint density at radius 1 is 1.35 bits per heavy atom. The maximum absolute atomic E-state index is 11.6. The Labute approximate surface area is 103 Å². The maximum atomic E-state index is 11.6. The van der Waals surface area contributed by atoms with Gasteiger partial charge in [0.15, 0.2) is 0 Å². The van der Waals surface area contributed by atoms with Crippen molar-refractivity contribution in [3.63, 3.8) is 0 Å². The van der Waals surface area contributed by atoms with Crippen molar-refractivity contribution in [1.29, 1.82) is 0 Å². The van der Waals surface area contributed by atoms with Gasteiger partial charge in [-0.3, -0.25) is 4.79 Å². The standard InChI is InChI=1S/C14H21NO2/c1-10(2)17-9-14(16)15-12(4)13-7-5-6-11(3)8-13/h5-8,10,12H,9H2,1-4H3,(H,15,16)/t12-/m1/s1. The summed E-state index contributed by atoms with van der Waals surface area (Å²) in [5.41, 5.74) is 2.31. The number of rotatable bonds is 5. The Bertz CT molecular complexity index is 374. The van der Waals surface area contributed by atoms with Gasteiger partial charge in [0.25, 0.3) is 0 Å². The molecule has 0 heterocycles. The van der Waals surface area contributed by atoms with Crippen LogP contribution in [0.3, 0.4) is 0 Å². The van der Waals surface area contributed by atoms with Gasteiger partial charge in [-0.15, -0.1) is 0 Å². The van der Waals surface area contributed by atoms with Crippen molar-refractivity contribution in [2.24, 2.45) is 0 Å². The topological polar surface area (TPSA) is 38.3 Å². The van der Waals surface area contributed by atoms with Crippen molar-refractivity contribution in [1.82, 2.24) is 5.32 Å². The molecule has 1 atom stereocenters. The smallest absolute Gasteiger partial charge is 0.246 e. The molecule has 1 N–H and O–H groups in total. The number of nitrogens with one attached hydrogen (secondary N) is 1. The maximum Gasteiger partial charge on any atom is 0.246 e. The van der Waals surface area contributed by atoms with Crippen LogP contribution in [0.25, 0.3) is 0 Å². The van der Waals surface area contributed by atoms with Gasteiger partial charge in [0, 0.05) is 0 Å². The lowest BCUT2D eigenvalue weighted by Crippen LogP contribution is -2.31. The van der Waals surface area contributed by atoms with E-state index in [0.717, 1.165) is 5.56 Å². The number of hydrogen-bond donors (Lipinski definition) is 1. The molecule has 0 spiro atoms. The molecule has 0 fully saturated rings. The van der Waals surface area contributed by atoms with E-state index in [1.54, 1.807) is 0 Å². The molecule has 0 aliphatic rings. The van der Waals surface area contributed by atoms with E-state index in [4.69, 9.17) is 4.74 Å². The second-order valence-electron chi connectivity index (χ2n) is 4.56. The van der Waals surface area contributed by atoms with Gasteiger partial charge in [-0.2, -0.15) is 0 Å². The summed E-state index contributed by atoms with van der Waals surface area (Å²) < 4.78 is 5.25. The Hall–Kier alpha value is -1.35. The Balaban J connectivity index is 2.48. The molecular weight excluding hydrogens is 214 g/mol. The molecule has 1 aromatic rings. The van der Waals surface area contributed by atoms with Crippen LogP contribution in [-0.2, 0) is 9.53 Å². The quantitative estimate of drug-likeness (QED) is 0.852. The molecule has 1 rings (SSSR count). The number of amides is 1. The fourth-order valence-electron chi connectivity index (χ4n) is 1.55. The molecule has 1 aromatic carbocycles. The summed E-state index contributed by atoms with van der Waals surface area (Å²) >= 11 is 0. The van der Waals surface area contributed by atoms with Gasteiger partial charge < -0.3 is 10.1 Å². The van der Waals surface area contributed by atoms with Crippen LogP contribution in [0.15, 0.2) is 24.3 Å². The zero-order valence-corrected chi connectivity index (χ0v) is 11.0. The highest BCUT2D eigenvalue weighted by Crippen LogP contribution is 2.13. The molecule has 0 saturated carbocycles. The third-order valence-electron chi connectivity index (χ3n) is 2.47. The normalized spacial score (nSPS) is 12.5. The summed E-state index contributed by atoms with van der Waals surface area (Å²) in [6.45, 7) is 7.96. The van der Waals surface area contributed by atoms with E-state index < -0.39 is 0 Å². The first-order chi connectivity index (χ1) is 7.99. The number of benzene rings is 1. The fraction of sp³-hybridized carbons (Fsp3) is 0.500. The number of carbonyl (C=O) groups is 1. The van der Waals surface area contributed by atoms with Crippen LogP contribution in [0.1, 0.15) is 37.9 Å². The van der Waals surface area contributed by atoms with E-state index in [2.05, 4.69) is 11.4 Å². The number of ether oxygens (including phenoxy) is 1. The molecule has 3 heteroatoms. The Kier molecular flexibility index (Phi) is 5.16. The van der Waals surface area contributed by atoms with Crippen molar-refractivity contribution >= 4 is 5.91 Å². The highest BCUT2D eigenvalue weighted by atomic mass is 16.5. The minimum atomic E-state index is -0.0762. The molecule has 1 amide bonds. The predicted octanol–water partition coefficient (Wildman–Crippen LogP) is 2.60. The van der Waals surface area contributed by atoms with Gasteiger partial charge in [0.2, 0.25) is 5.91 Å². The lowest BCUT2D eigenvalue weighted by atomic mass is 10.1. The van der Waals surface area contributed by atoms with Crippen molar-refractivity contribution in [2.45, 2.75) is 39.8 Å². The van der Waals surface area contributed by atoms with Crippen molar-refractivity contribution in [2.75, 3.05) is 6.61 Å². The van der Waals surface area contributed by atoms with Crippen LogP contribution in [0.2, 0.25) is 0 Å². The van der Waals surface area contributed by atoms with Gasteiger partial charge in [0.05, 0.1) is 12.1 Å². The van der Waals surface area contributed by atoms with Crippen LogP contribution < -0.4 is 5.32 Å². The average molecular weight is 235 g/mol. The second kappa shape index (κ2) is 6.40. The zero-order valence-electron chi connectivity index (χ0n) is 11.0. The zero-order chi connectivity index (χ0) is 12.8. The summed E-state index contributed by atoms with van der Waals surface area (Å²) in [6.07, 6.45) is 0.0787. The van der Waals surface area contributed by atoms with E-state index in [9.17, 15) is 4.79 Å². The van der Waals surface area contributed by atoms with E-state index in [-0.39, 0.29) is 24.7 Å². The molecule has 0 radical (unpaired) electrons. The van der Waals surface area contributed by atoms with E-state index in [1.165, 1.54) is 5.56 Å². The lowest BCUT2D eigenvalue weighted by Gasteiger charge is -2.15. The fourth-order valence-corrected chi connectivity index (χ4v) is 1.55. The van der Waals surface area contributed by atoms with Gasteiger partial charge in [-0.1, -0.05) is 29.8 Å². The minimum absolute atomic E-state index is 0.0122. The van der Waals surface area contributed by atoms with Crippen LogP contribution in [0.5, 0.6) is 0 Å². The number of hydrogen-bond acceptors (Lipinski definition) is 2. The van der Waals surface area contributed by atoms with Crippen LogP contribution in [0.4, 0.5) is 0 Å². The van der Waals surface area contributed by atoms with Gasteiger partial charge in [-0.25, -0.2) is 0 Å². The average Bonchev–Trinajstić information content (AvgIpc) is 2.26. The molecule has 0 bridgehead atoms. The highest BCUT2D eigenvalue weighted by Gasteiger charge is 2.10. The van der Waals surface area contributed by atoms with Crippen molar-refractivity contribution < 1.29 is 9.53 Å². The Morgan fingerprint density at radius 3 is 2.65 bits per heavy atom. The summed E-state index contributed by atoms with van der Waals surface area (Å²) in [7, 11) is 0. The summed E-state index contributed by atoms with van der Waals surface area (Å²) in [6, 6.07) is 8.14. The monoisotopic (exact) mass is 235 g/mol. The Morgan fingerprint density at radius 2 is 2.06 bits per heavy atom. The summed E-state index contributed by atoms with van der Waals surface area (Å²) in [5.74, 6) is -0.0762. The lowest BCUT2D eigenvalue weighted by molar-refractivity contribution is -0.127. The molecule has 0 aliphatic heterocycles. The van der Waals surface area contributed by atoms with Crippen LogP contribution in [0, 0.1) is 6.92 Å². The molecule has 0 aromatic heterocycles. The van der Waals surface area contributed by atoms with Gasteiger partial charge in [-0.05, 0) is 33.3 Å². The van der Waals surface area contributed by atoms with E-state index >= 15 is 0 Å². The first kappa shape index (κ1) is 13.7. The van der Waals surface area contributed by atoms with Crippen molar-refractivity contribution in [3.05, 3.63) is 35.4 Å². The van der Waals surface area contributed by atoms with E-state index in [1.807, 2.05) is 45.9 Å². The van der Waals surface area contributed by atoms with Gasteiger partial charge >= 0.3 is 0 Å². The SMILES string of the molecule is Cc1cccc([C@@H](C)NC(=O)COC(C)C)c1. The molecule has 94 valence electrons. The molecular formula is C14H21NO2. The molecule has 0 saturated heterocycles. The number of carbonyl (C=O) groups excluding carboxylic acids is 1. The second-order valence-corrected chi connectivity index (χ2v) is 4.56. The molecule has 17 heavy (non-hydrogen) atoms. The summed E-state index contributed by atoms with van der Waals surface area (Å²) in [5, 5.41) is 2.91. The first-order valence-electron chi connectivity index (χ1n) is 5.96. The number of aryl methyl sites for hydroxylation is 1. The minimum Gasteiger partial charge on any atom is -0.369 e. The highest BCUT2D eigenvalue weighted by molar-refractivity contribution is 5.77. The van der Waals surface area contributed by atoms with Crippen LogP contribution in [-0.4, -0.2) is 18.6 Å².